The Morgan fingerprint density at radius 2 is 2.13 bits per heavy atom. The van der Waals surface area contributed by atoms with Crippen molar-refractivity contribution in [2.24, 2.45) is 4.99 Å². The molecule has 1 atom stereocenters. The van der Waals surface area contributed by atoms with Crippen LogP contribution in [0.2, 0.25) is 0 Å². The maximum absolute atomic E-state index is 12.2. The average Bonchev–Trinajstić information content (AvgIpc) is 3.20. The second-order valence-corrected chi connectivity index (χ2v) is 9.23. The normalized spacial score (nSPS) is 15.3. The topological polar surface area (TPSA) is 67.2 Å². The molecule has 23 heavy (non-hydrogen) atoms. The summed E-state index contributed by atoms with van der Waals surface area (Å²) in [6.45, 7) is 2.71. The molecule has 1 N–H and O–H groups in total. The highest BCUT2D eigenvalue weighted by molar-refractivity contribution is 9.10. The van der Waals surface area contributed by atoms with Gasteiger partial charge >= 0.3 is 0 Å². The molecular weight excluding hydrogens is 416 g/mol. The standard InChI is InChI=1S/C14H13BrN4OS3/c1-8(22-14-16-6-7-21-14)11(20)17-13-19-18-12(23-13)9-2-4-10(15)5-3-9/h2-5,8H,6-7H2,1H3,(H,17,19,20)/t8-/m0/s1. The van der Waals surface area contributed by atoms with E-state index < -0.39 is 0 Å². The minimum atomic E-state index is -0.209. The van der Waals surface area contributed by atoms with Crippen LogP contribution in [0.3, 0.4) is 0 Å². The van der Waals surface area contributed by atoms with E-state index in [1.165, 1.54) is 23.1 Å². The highest BCUT2D eigenvalue weighted by atomic mass is 79.9. The number of aromatic nitrogens is 2. The molecule has 0 saturated heterocycles. The molecule has 0 aliphatic carbocycles. The Kier molecular flexibility index (Phi) is 5.73. The van der Waals surface area contributed by atoms with Crippen molar-refractivity contribution in [1.82, 2.24) is 10.2 Å². The third-order valence-electron chi connectivity index (χ3n) is 2.95. The lowest BCUT2D eigenvalue weighted by atomic mass is 10.2. The third-order valence-corrected chi connectivity index (χ3v) is 6.67. The quantitative estimate of drug-likeness (QED) is 0.792. The van der Waals surface area contributed by atoms with E-state index in [-0.39, 0.29) is 11.2 Å². The molecule has 1 aromatic carbocycles. The summed E-state index contributed by atoms with van der Waals surface area (Å²) in [6.07, 6.45) is 0. The molecule has 2 heterocycles. The molecule has 0 radical (unpaired) electrons. The van der Waals surface area contributed by atoms with E-state index in [4.69, 9.17) is 0 Å². The van der Waals surface area contributed by atoms with Crippen LogP contribution in [0, 0.1) is 0 Å². The second kappa shape index (κ2) is 7.78. The van der Waals surface area contributed by atoms with Crippen molar-refractivity contribution in [3.8, 4) is 10.6 Å². The number of nitrogens with one attached hydrogen (secondary N) is 1. The van der Waals surface area contributed by atoms with Gasteiger partial charge in [0.15, 0.2) is 0 Å². The van der Waals surface area contributed by atoms with Gasteiger partial charge in [-0.05, 0) is 19.1 Å². The summed E-state index contributed by atoms with van der Waals surface area (Å²) in [5.41, 5.74) is 0.977. The number of carbonyl (C=O) groups excluding carboxylic acids is 1. The van der Waals surface area contributed by atoms with Gasteiger partial charge in [0.1, 0.15) is 9.38 Å². The number of halogens is 1. The van der Waals surface area contributed by atoms with Gasteiger partial charge in [0.05, 0.1) is 11.8 Å². The maximum Gasteiger partial charge on any atom is 0.239 e. The van der Waals surface area contributed by atoms with Crippen LogP contribution in [0.1, 0.15) is 6.92 Å². The van der Waals surface area contributed by atoms with E-state index in [9.17, 15) is 4.79 Å². The highest BCUT2D eigenvalue weighted by Gasteiger charge is 2.20. The van der Waals surface area contributed by atoms with Crippen molar-refractivity contribution < 1.29 is 4.79 Å². The maximum atomic E-state index is 12.2. The zero-order valence-corrected chi connectivity index (χ0v) is 16.2. The van der Waals surface area contributed by atoms with E-state index in [0.29, 0.717) is 5.13 Å². The summed E-state index contributed by atoms with van der Waals surface area (Å²) < 4.78 is 2.00. The molecule has 0 unspecified atom stereocenters. The Morgan fingerprint density at radius 3 is 2.83 bits per heavy atom. The summed E-state index contributed by atoms with van der Waals surface area (Å²) in [7, 11) is 0. The molecule has 3 rings (SSSR count). The van der Waals surface area contributed by atoms with Crippen molar-refractivity contribution in [3.63, 3.8) is 0 Å². The average molecular weight is 429 g/mol. The van der Waals surface area contributed by atoms with Gasteiger partial charge in [-0.1, -0.05) is 62.9 Å². The van der Waals surface area contributed by atoms with Gasteiger partial charge in [-0.3, -0.25) is 15.1 Å². The summed E-state index contributed by atoms with van der Waals surface area (Å²) in [5.74, 6) is 0.924. The zero-order chi connectivity index (χ0) is 16.2. The number of nitrogens with zero attached hydrogens (tertiary/aromatic N) is 3. The Balaban J connectivity index is 1.61. The van der Waals surface area contributed by atoms with Gasteiger partial charge in [0.2, 0.25) is 11.0 Å². The fourth-order valence-corrected chi connectivity index (χ4v) is 4.93. The van der Waals surface area contributed by atoms with Gasteiger partial charge in [-0.15, -0.1) is 10.2 Å². The lowest BCUT2D eigenvalue weighted by Crippen LogP contribution is -2.23. The summed E-state index contributed by atoms with van der Waals surface area (Å²) >= 11 is 7.96. The Labute approximate surface area is 154 Å². The predicted molar refractivity (Wildman–Crippen MR) is 103 cm³/mol. The number of anilines is 1. The number of rotatable bonds is 4. The predicted octanol–water partition coefficient (Wildman–Crippen LogP) is 4.13. The van der Waals surface area contributed by atoms with Crippen LogP contribution in [0.15, 0.2) is 33.7 Å². The van der Waals surface area contributed by atoms with Gasteiger partial charge in [-0.2, -0.15) is 0 Å². The van der Waals surface area contributed by atoms with Crippen LogP contribution in [-0.2, 0) is 4.79 Å². The Hall–Kier alpha value is -0.900. The SMILES string of the molecule is C[C@H](SC1=NCCS1)C(=O)Nc1nnc(-c2ccc(Br)cc2)s1. The first-order valence-corrected chi connectivity index (χ1v) is 10.3. The van der Waals surface area contributed by atoms with E-state index in [1.807, 2.05) is 31.2 Å². The summed E-state index contributed by atoms with van der Waals surface area (Å²) in [4.78, 5) is 16.6. The number of aliphatic imine (C=N–C) groups is 1. The van der Waals surface area contributed by atoms with E-state index in [0.717, 1.165) is 31.7 Å². The van der Waals surface area contributed by atoms with Crippen molar-refractivity contribution in [1.29, 1.82) is 0 Å². The highest BCUT2D eigenvalue weighted by Crippen LogP contribution is 2.29. The smallest absolute Gasteiger partial charge is 0.239 e. The zero-order valence-electron chi connectivity index (χ0n) is 12.2. The fourth-order valence-electron chi connectivity index (χ4n) is 1.78. The van der Waals surface area contributed by atoms with Gasteiger partial charge in [0.25, 0.3) is 0 Å². The molecule has 0 spiro atoms. The number of thioether (sulfide) groups is 2. The lowest BCUT2D eigenvalue weighted by molar-refractivity contribution is -0.115. The number of carbonyl (C=O) groups is 1. The molecule has 5 nitrogen and oxygen atoms in total. The van der Waals surface area contributed by atoms with Crippen molar-refractivity contribution in [3.05, 3.63) is 28.7 Å². The minimum Gasteiger partial charge on any atom is -0.300 e. The molecule has 0 fully saturated rings. The van der Waals surface area contributed by atoms with E-state index >= 15 is 0 Å². The largest absolute Gasteiger partial charge is 0.300 e. The molecule has 1 aromatic heterocycles. The van der Waals surface area contributed by atoms with Crippen LogP contribution >= 0.6 is 50.8 Å². The number of hydrogen-bond donors (Lipinski definition) is 1. The van der Waals surface area contributed by atoms with Crippen molar-refractivity contribution in [2.75, 3.05) is 17.6 Å². The molecule has 1 amide bonds. The summed E-state index contributed by atoms with van der Waals surface area (Å²) in [5, 5.41) is 12.1. The Bertz CT molecular complexity index is 732. The van der Waals surface area contributed by atoms with Crippen LogP contribution in [0.5, 0.6) is 0 Å². The van der Waals surface area contributed by atoms with Crippen LogP contribution < -0.4 is 5.32 Å². The number of benzene rings is 1. The molecule has 9 heteroatoms. The summed E-state index contributed by atoms with van der Waals surface area (Å²) in [6, 6.07) is 7.83. The third kappa shape index (κ3) is 4.56. The molecular formula is C14H13BrN4OS3. The van der Waals surface area contributed by atoms with Gasteiger partial charge in [-0.25, -0.2) is 0 Å². The van der Waals surface area contributed by atoms with Crippen LogP contribution in [0.25, 0.3) is 10.6 Å². The van der Waals surface area contributed by atoms with E-state index in [2.05, 4.69) is 36.4 Å². The first-order valence-electron chi connectivity index (χ1n) is 6.86. The Morgan fingerprint density at radius 1 is 1.35 bits per heavy atom. The molecule has 0 saturated carbocycles. The van der Waals surface area contributed by atoms with Crippen LogP contribution in [0.4, 0.5) is 5.13 Å². The monoisotopic (exact) mass is 428 g/mol. The first kappa shape index (κ1) is 16.9. The number of amides is 1. The first-order chi connectivity index (χ1) is 11.1. The molecule has 120 valence electrons. The second-order valence-electron chi connectivity index (χ2n) is 4.66. The lowest BCUT2D eigenvalue weighted by Gasteiger charge is -2.09. The van der Waals surface area contributed by atoms with Crippen LogP contribution in [-0.4, -0.2) is 38.0 Å². The van der Waals surface area contributed by atoms with Gasteiger partial charge in [0, 0.05) is 15.8 Å². The van der Waals surface area contributed by atoms with Crippen molar-refractivity contribution >= 4 is 66.2 Å². The molecule has 0 bridgehead atoms. The van der Waals surface area contributed by atoms with Gasteiger partial charge < -0.3 is 0 Å². The number of hydrogen-bond acceptors (Lipinski definition) is 7. The van der Waals surface area contributed by atoms with Crippen molar-refractivity contribution in [2.45, 2.75) is 12.2 Å². The minimum absolute atomic E-state index is 0.0799. The van der Waals surface area contributed by atoms with E-state index in [1.54, 1.807) is 11.8 Å². The molecule has 2 aromatic rings. The fraction of sp³-hybridized carbons (Fsp3) is 0.286. The molecule has 1 aliphatic rings. The molecule has 1 aliphatic heterocycles.